The van der Waals surface area contributed by atoms with Crippen LogP contribution in [0.5, 0.6) is 0 Å². The van der Waals surface area contributed by atoms with Gasteiger partial charge in [-0.3, -0.25) is 9.59 Å². The molecule has 2 N–H and O–H groups in total. The van der Waals surface area contributed by atoms with Crippen molar-refractivity contribution in [3.8, 4) is 0 Å². The van der Waals surface area contributed by atoms with Crippen molar-refractivity contribution in [3.05, 3.63) is 0 Å². The zero-order valence-electron chi connectivity index (χ0n) is 13.0. The van der Waals surface area contributed by atoms with Crippen molar-refractivity contribution in [2.75, 3.05) is 32.8 Å². The molecule has 2 heterocycles. The second-order valence-corrected chi connectivity index (χ2v) is 6.48. The Labute approximate surface area is 137 Å². The molecule has 3 rings (SSSR count). The van der Waals surface area contributed by atoms with Crippen molar-refractivity contribution in [3.63, 3.8) is 0 Å². The molecular weight excluding hydrogens is 306 g/mol. The molecule has 0 bridgehead atoms. The predicted molar refractivity (Wildman–Crippen MR) is 84.8 cm³/mol. The van der Waals surface area contributed by atoms with Crippen LogP contribution in [0.15, 0.2) is 0 Å². The van der Waals surface area contributed by atoms with Gasteiger partial charge in [0.1, 0.15) is 6.10 Å². The lowest BCUT2D eigenvalue weighted by molar-refractivity contribution is -0.147. The molecule has 6 nitrogen and oxygen atoms in total. The number of ether oxygens (including phenoxy) is 1. The Kier molecular flexibility index (Phi) is 5.69. The lowest BCUT2D eigenvalue weighted by Crippen LogP contribution is -2.59. The van der Waals surface area contributed by atoms with Crippen LogP contribution in [0, 0.1) is 0 Å². The number of hydrogen-bond donors (Lipinski definition) is 1. The fourth-order valence-corrected chi connectivity index (χ4v) is 3.64. The number of nitrogens with zero attached hydrogens (tertiary/aromatic N) is 2. The summed E-state index contributed by atoms with van der Waals surface area (Å²) in [5, 5.41) is 0. The molecule has 22 heavy (non-hydrogen) atoms. The first-order valence-electron chi connectivity index (χ1n) is 8.09. The summed E-state index contributed by atoms with van der Waals surface area (Å²) in [6, 6.07) is 0. The fraction of sp³-hybridized carbons (Fsp3) is 0.867. The smallest absolute Gasteiger partial charge is 0.251 e. The molecule has 2 saturated heterocycles. The second kappa shape index (κ2) is 7.15. The van der Waals surface area contributed by atoms with Crippen LogP contribution >= 0.6 is 12.4 Å². The monoisotopic (exact) mass is 331 g/mol. The molecule has 0 aromatic heterocycles. The minimum atomic E-state index is -0.652. The third kappa shape index (κ3) is 3.39. The highest BCUT2D eigenvalue weighted by molar-refractivity contribution is 5.87. The second-order valence-electron chi connectivity index (χ2n) is 6.48. The third-order valence-electron chi connectivity index (χ3n) is 5.01. The molecule has 3 aliphatic rings. The van der Waals surface area contributed by atoms with E-state index < -0.39 is 5.54 Å². The van der Waals surface area contributed by atoms with Crippen LogP contribution in [-0.2, 0) is 14.3 Å². The molecule has 2 amide bonds. The van der Waals surface area contributed by atoms with Crippen molar-refractivity contribution >= 4 is 24.2 Å². The largest absolute Gasteiger partial charge is 0.368 e. The van der Waals surface area contributed by atoms with E-state index >= 15 is 0 Å². The average Bonchev–Trinajstić information content (AvgIpc) is 3.18. The molecule has 1 aliphatic carbocycles. The highest BCUT2D eigenvalue weighted by Gasteiger charge is 2.41. The highest BCUT2D eigenvalue weighted by atomic mass is 35.5. The highest BCUT2D eigenvalue weighted by Crippen LogP contribution is 2.29. The van der Waals surface area contributed by atoms with Crippen LogP contribution in [0.25, 0.3) is 0 Å². The first-order valence-corrected chi connectivity index (χ1v) is 8.09. The average molecular weight is 332 g/mol. The number of hydrogen-bond acceptors (Lipinski definition) is 4. The van der Waals surface area contributed by atoms with E-state index in [4.69, 9.17) is 10.5 Å². The first-order chi connectivity index (χ1) is 10.1. The molecule has 0 aromatic carbocycles. The summed E-state index contributed by atoms with van der Waals surface area (Å²) < 4.78 is 5.45. The first kappa shape index (κ1) is 17.5. The molecule has 7 heteroatoms. The Morgan fingerprint density at radius 1 is 1.00 bits per heavy atom. The number of carbonyl (C=O) groups excluding carboxylic acids is 2. The summed E-state index contributed by atoms with van der Waals surface area (Å²) in [7, 11) is 0. The number of piperazine rings is 1. The summed E-state index contributed by atoms with van der Waals surface area (Å²) in [5.41, 5.74) is 5.58. The van der Waals surface area contributed by atoms with E-state index in [-0.39, 0.29) is 30.3 Å². The Morgan fingerprint density at radius 2 is 1.59 bits per heavy atom. The van der Waals surface area contributed by atoms with Crippen molar-refractivity contribution in [2.24, 2.45) is 5.73 Å². The quantitative estimate of drug-likeness (QED) is 0.801. The van der Waals surface area contributed by atoms with Gasteiger partial charge in [-0.15, -0.1) is 12.4 Å². The fourth-order valence-electron chi connectivity index (χ4n) is 3.64. The maximum atomic E-state index is 12.5. The van der Waals surface area contributed by atoms with E-state index in [1.54, 1.807) is 0 Å². The SMILES string of the molecule is Cl.NC1(C(=O)N2CCN(C(=O)C3CCCO3)CC2)CCCC1. The van der Waals surface area contributed by atoms with Crippen molar-refractivity contribution < 1.29 is 14.3 Å². The number of rotatable bonds is 2. The van der Waals surface area contributed by atoms with Gasteiger partial charge in [0.15, 0.2) is 0 Å². The van der Waals surface area contributed by atoms with E-state index in [2.05, 4.69) is 0 Å². The Hall–Kier alpha value is -0.850. The summed E-state index contributed by atoms with van der Waals surface area (Å²) >= 11 is 0. The molecule has 126 valence electrons. The van der Waals surface area contributed by atoms with Gasteiger partial charge >= 0.3 is 0 Å². The van der Waals surface area contributed by atoms with Gasteiger partial charge < -0.3 is 20.3 Å². The van der Waals surface area contributed by atoms with Gasteiger partial charge in [-0.05, 0) is 25.7 Å². The van der Waals surface area contributed by atoms with E-state index in [0.29, 0.717) is 32.8 Å². The summed E-state index contributed by atoms with van der Waals surface area (Å²) in [4.78, 5) is 28.5. The summed E-state index contributed by atoms with van der Waals surface area (Å²) in [6.07, 6.45) is 5.19. The molecule has 3 fully saturated rings. The van der Waals surface area contributed by atoms with Crippen molar-refractivity contribution in [1.29, 1.82) is 0 Å². The summed E-state index contributed by atoms with van der Waals surface area (Å²) in [6.45, 7) is 3.07. The summed E-state index contributed by atoms with van der Waals surface area (Å²) in [5.74, 6) is 0.159. The standard InChI is InChI=1S/C15H25N3O3.ClH/c16-15(5-1-2-6-15)14(20)18-9-7-17(8-10-18)13(19)12-4-3-11-21-12;/h12H,1-11,16H2;1H. The molecule has 0 spiro atoms. The lowest BCUT2D eigenvalue weighted by atomic mass is 9.97. The molecular formula is C15H26ClN3O3. The lowest BCUT2D eigenvalue weighted by Gasteiger charge is -2.39. The zero-order chi connectivity index (χ0) is 14.9. The van der Waals surface area contributed by atoms with Gasteiger partial charge in [-0.1, -0.05) is 12.8 Å². The number of amides is 2. The van der Waals surface area contributed by atoms with Crippen LogP contribution in [0.2, 0.25) is 0 Å². The normalized spacial score (nSPS) is 27.6. The topological polar surface area (TPSA) is 75.9 Å². The maximum Gasteiger partial charge on any atom is 0.251 e. The van der Waals surface area contributed by atoms with E-state index in [9.17, 15) is 9.59 Å². The van der Waals surface area contributed by atoms with Gasteiger partial charge in [-0.25, -0.2) is 0 Å². The van der Waals surface area contributed by atoms with Gasteiger partial charge in [0.2, 0.25) is 5.91 Å². The predicted octanol–water partition coefficient (Wildman–Crippen LogP) is 0.529. The maximum absolute atomic E-state index is 12.5. The van der Waals surface area contributed by atoms with Gasteiger partial charge in [-0.2, -0.15) is 0 Å². The molecule has 2 aliphatic heterocycles. The zero-order valence-corrected chi connectivity index (χ0v) is 13.8. The van der Waals surface area contributed by atoms with E-state index in [1.165, 1.54) is 0 Å². The van der Waals surface area contributed by atoms with Crippen molar-refractivity contribution in [1.82, 2.24) is 9.80 Å². The van der Waals surface area contributed by atoms with E-state index in [0.717, 1.165) is 38.5 Å². The van der Waals surface area contributed by atoms with Crippen LogP contribution in [0.3, 0.4) is 0 Å². The van der Waals surface area contributed by atoms with Crippen LogP contribution in [0.4, 0.5) is 0 Å². The van der Waals surface area contributed by atoms with E-state index in [1.807, 2.05) is 9.80 Å². The van der Waals surface area contributed by atoms with Crippen LogP contribution < -0.4 is 5.73 Å². The number of nitrogens with two attached hydrogens (primary N) is 1. The number of carbonyl (C=O) groups is 2. The minimum Gasteiger partial charge on any atom is -0.368 e. The molecule has 1 atom stereocenters. The van der Waals surface area contributed by atoms with Gasteiger partial charge in [0.05, 0.1) is 5.54 Å². The van der Waals surface area contributed by atoms with Crippen LogP contribution in [-0.4, -0.2) is 66.0 Å². The Balaban J connectivity index is 0.00000176. The molecule has 1 saturated carbocycles. The molecule has 1 unspecified atom stereocenters. The Bertz CT molecular complexity index is 412. The molecule has 0 radical (unpaired) electrons. The molecule has 0 aromatic rings. The Morgan fingerprint density at radius 3 is 2.14 bits per heavy atom. The van der Waals surface area contributed by atoms with Crippen LogP contribution in [0.1, 0.15) is 38.5 Å². The van der Waals surface area contributed by atoms with Crippen molar-refractivity contribution in [2.45, 2.75) is 50.2 Å². The number of halogens is 1. The minimum absolute atomic E-state index is 0. The van der Waals surface area contributed by atoms with Gasteiger partial charge in [0, 0.05) is 32.8 Å². The van der Waals surface area contributed by atoms with Gasteiger partial charge in [0.25, 0.3) is 5.91 Å². The third-order valence-corrected chi connectivity index (χ3v) is 5.01.